The van der Waals surface area contributed by atoms with Gasteiger partial charge < -0.3 is 10.0 Å². The van der Waals surface area contributed by atoms with Gasteiger partial charge in [-0.15, -0.1) is 0 Å². The minimum atomic E-state index is -0.947. The van der Waals surface area contributed by atoms with Crippen LogP contribution in [0.3, 0.4) is 0 Å². The van der Waals surface area contributed by atoms with Crippen LogP contribution in [0.4, 0.5) is 5.69 Å². The molecular weight excluding hydrogens is 242 g/mol. The molecule has 0 saturated heterocycles. The molecule has 1 amide bonds. The van der Waals surface area contributed by atoms with Gasteiger partial charge in [0.2, 0.25) is 5.91 Å². The van der Waals surface area contributed by atoms with E-state index in [0.29, 0.717) is 5.92 Å². The number of aliphatic carboxylic acids is 1. The van der Waals surface area contributed by atoms with Gasteiger partial charge in [0.1, 0.15) is 0 Å². The Bertz CT molecular complexity index is 451. The molecule has 4 heteroatoms. The van der Waals surface area contributed by atoms with Crippen LogP contribution in [0.5, 0.6) is 0 Å². The summed E-state index contributed by atoms with van der Waals surface area (Å²) in [6.07, 6.45) is 0.0117. The molecule has 0 spiro atoms. The zero-order valence-corrected chi connectivity index (χ0v) is 11.9. The Balaban J connectivity index is 2.74. The Morgan fingerprint density at radius 3 is 2.11 bits per heavy atom. The normalized spacial score (nSPS) is 12.3. The molecule has 104 valence electrons. The van der Waals surface area contributed by atoms with E-state index in [1.807, 2.05) is 24.3 Å². The third kappa shape index (κ3) is 4.09. The third-order valence-electron chi connectivity index (χ3n) is 3.22. The number of benzene rings is 1. The summed E-state index contributed by atoms with van der Waals surface area (Å²) >= 11 is 0. The first-order valence-corrected chi connectivity index (χ1v) is 6.42. The Morgan fingerprint density at radius 1 is 1.16 bits per heavy atom. The Morgan fingerprint density at radius 2 is 1.68 bits per heavy atom. The van der Waals surface area contributed by atoms with E-state index in [1.165, 1.54) is 17.4 Å². The number of carbonyl (C=O) groups excluding carboxylic acids is 1. The molecule has 19 heavy (non-hydrogen) atoms. The summed E-state index contributed by atoms with van der Waals surface area (Å²) < 4.78 is 0. The van der Waals surface area contributed by atoms with Crippen molar-refractivity contribution in [1.82, 2.24) is 0 Å². The number of hydrogen-bond acceptors (Lipinski definition) is 2. The monoisotopic (exact) mass is 263 g/mol. The first kappa shape index (κ1) is 15.2. The predicted molar refractivity (Wildman–Crippen MR) is 75.4 cm³/mol. The van der Waals surface area contributed by atoms with Gasteiger partial charge in [0.05, 0.1) is 5.92 Å². The standard InChI is InChI=1S/C15H21NO3/c1-10(2)12-5-7-13(8-6-12)16(4)14(17)9-11(3)15(18)19/h5-8,10-11H,9H2,1-4H3,(H,18,19). The average molecular weight is 263 g/mol. The van der Waals surface area contributed by atoms with Gasteiger partial charge in [-0.25, -0.2) is 0 Å². The first-order chi connectivity index (χ1) is 8.82. The topological polar surface area (TPSA) is 57.6 Å². The molecule has 4 nitrogen and oxygen atoms in total. The highest BCUT2D eigenvalue weighted by atomic mass is 16.4. The van der Waals surface area contributed by atoms with Gasteiger partial charge in [0, 0.05) is 19.2 Å². The largest absolute Gasteiger partial charge is 0.481 e. The second-order valence-electron chi connectivity index (χ2n) is 5.14. The van der Waals surface area contributed by atoms with Crippen LogP contribution in [-0.2, 0) is 9.59 Å². The van der Waals surface area contributed by atoms with Crippen LogP contribution in [0.15, 0.2) is 24.3 Å². The summed E-state index contributed by atoms with van der Waals surface area (Å²) in [5, 5.41) is 8.81. The number of amides is 1. The maximum Gasteiger partial charge on any atom is 0.306 e. The van der Waals surface area contributed by atoms with Gasteiger partial charge in [0.15, 0.2) is 0 Å². The Labute approximate surface area is 114 Å². The van der Waals surface area contributed by atoms with Gasteiger partial charge in [-0.1, -0.05) is 32.9 Å². The fourth-order valence-corrected chi connectivity index (χ4v) is 1.71. The van der Waals surface area contributed by atoms with E-state index in [-0.39, 0.29) is 12.3 Å². The average Bonchev–Trinajstić information content (AvgIpc) is 2.37. The van der Waals surface area contributed by atoms with Gasteiger partial charge >= 0.3 is 5.97 Å². The fourth-order valence-electron chi connectivity index (χ4n) is 1.71. The van der Waals surface area contributed by atoms with Gasteiger partial charge in [-0.05, 0) is 23.6 Å². The van der Waals surface area contributed by atoms with Crippen molar-refractivity contribution >= 4 is 17.6 Å². The molecule has 0 aromatic heterocycles. The zero-order valence-electron chi connectivity index (χ0n) is 11.9. The lowest BCUT2D eigenvalue weighted by atomic mass is 10.0. The van der Waals surface area contributed by atoms with E-state index < -0.39 is 11.9 Å². The summed E-state index contributed by atoms with van der Waals surface area (Å²) in [6.45, 7) is 5.76. The zero-order chi connectivity index (χ0) is 14.6. The first-order valence-electron chi connectivity index (χ1n) is 6.42. The Hall–Kier alpha value is -1.84. The van der Waals surface area contributed by atoms with Crippen molar-refractivity contribution in [3.63, 3.8) is 0 Å². The van der Waals surface area contributed by atoms with Gasteiger partial charge in [-0.3, -0.25) is 9.59 Å². The fraction of sp³-hybridized carbons (Fsp3) is 0.467. The molecule has 0 heterocycles. The van der Waals surface area contributed by atoms with Crippen LogP contribution in [0.1, 0.15) is 38.7 Å². The van der Waals surface area contributed by atoms with E-state index in [4.69, 9.17) is 5.11 Å². The van der Waals surface area contributed by atoms with E-state index >= 15 is 0 Å². The summed E-state index contributed by atoms with van der Waals surface area (Å²) in [6, 6.07) is 7.76. The number of carboxylic acid groups (broad SMARTS) is 1. The van der Waals surface area contributed by atoms with Crippen molar-refractivity contribution in [3.05, 3.63) is 29.8 Å². The lowest BCUT2D eigenvalue weighted by molar-refractivity contribution is -0.143. The highest BCUT2D eigenvalue weighted by Gasteiger charge is 2.19. The maximum absolute atomic E-state index is 11.9. The van der Waals surface area contributed by atoms with Crippen LogP contribution in [-0.4, -0.2) is 24.0 Å². The van der Waals surface area contributed by atoms with E-state index in [9.17, 15) is 9.59 Å². The smallest absolute Gasteiger partial charge is 0.306 e. The minimum Gasteiger partial charge on any atom is -0.481 e. The molecule has 0 bridgehead atoms. The summed E-state index contributed by atoms with van der Waals surface area (Å²) in [7, 11) is 1.67. The molecule has 0 fully saturated rings. The second-order valence-corrected chi connectivity index (χ2v) is 5.14. The van der Waals surface area contributed by atoms with E-state index in [0.717, 1.165) is 5.69 Å². The molecule has 0 aliphatic carbocycles. The summed E-state index contributed by atoms with van der Waals surface area (Å²) in [5.74, 6) is -1.35. The number of rotatable bonds is 5. The van der Waals surface area contributed by atoms with Gasteiger partial charge in [-0.2, -0.15) is 0 Å². The van der Waals surface area contributed by atoms with Crippen molar-refractivity contribution in [2.24, 2.45) is 5.92 Å². The maximum atomic E-state index is 11.9. The molecule has 0 aliphatic rings. The molecule has 0 aliphatic heterocycles. The minimum absolute atomic E-state index is 0.0117. The molecule has 1 N–H and O–H groups in total. The van der Waals surface area contributed by atoms with Crippen molar-refractivity contribution in [2.45, 2.75) is 33.1 Å². The van der Waals surface area contributed by atoms with Crippen LogP contribution in [0.2, 0.25) is 0 Å². The quantitative estimate of drug-likeness (QED) is 0.888. The SMILES string of the molecule is CC(CC(=O)N(C)c1ccc(C(C)C)cc1)C(=O)O. The van der Waals surface area contributed by atoms with E-state index in [2.05, 4.69) is 13.8 Å². The molecule has 1 aromatic carbocycles. The molecule has 0 saturated carbocycles. The van der Waals surface area contributed by atoms with Crippen LogP contribution >= 0.6 is 0 Å². The van der Waals surface area contributed by atoms with Crippen molar-refractivity contribution in [3.8, 4) is 0 Å². The molecule has 1 aromatic rings. The third-order valence-corrected chi connectivity index (χ3v) is 3.22. The van der Waals surface area contributed by atoms with Crippen molar-refractivity contribution < 1.29 is 14.7 Å². The predicted octanol–water partition coefficient (Wildman–Crippen LogP) is 2.88. The van der Waals surface area contributed by atoms with Gasteiger partial charge in [0.25, 0.3) is 0 Å². The number of carbonyl (C=O) groups is 2. The highest BCUT2D eigenvalue weighted by molar-refractivity contribution is 5.94. The summed E-state index contributed by atoms with van der Waals surface area (Å²) in [5.41, 5.74) is 2.00. The number of hydrogen-bond donors (Lipinski definition) is 1. The van der Waals surface area contributed by atoms with Crippen molar-refractivity contribution in [2.75, 3.05) is 11.9 Å². The summed E-state index contributed by atoms with van der Waals surface area (Å²) in [4.78, 5) is 24.2. The van der Waals surface area contributed by atoms with Crippen LogP contribution < -0.4 is 4.90 Å². The number of nitrogens with zero attached hydrogens (tertiary/aromatic N) is 1. The van der Waals surface area contributed by atoms with Crippen molar-refractivity contribution in [1.29, 1.82) is 0 Å². The molecule has 1 rings (SSSR count). The highest BCUT2D eigenvalue weighted by Crippen LogP contribution is 2.20. The molecule has 1 unspecified atom stereocenters. The second kappa shape index (κ2) is 6.36. The lowest BCUT2D eigenvalue weighted by Gasteiger charge is -2.19. The van der Waals surface area contributed by atoms with Crippen LogP contribution in [0.25, 0.3) is 0 Å². The lowest BCUT2D eigenvalue weighted by Crippen LogP contribution is -2.29. The van der Waals surface area contributed by atoms with Crippen LogP contribution in [0, 0.1) is 5.92 Å². The molecular formula is C15H21NO3. The number of anilines is 1. The van der Waals surface area contributed by atoms with E-state index in [1.54, 1.807) is 7.05 Å². The Kier molecular flexibility index (Phi) is 5.10. The number of carboxylic acids is 1. The molecule has 1 atom stereocenters. The molecule has 0 radical (unpaired) electrons.